The topological polar surface area (TPSA) is 53.7 Å². The Morgan fingerprint density at radius 3 is 1.74 bits per heavy atom. The molecule has 0 aliphatic heterocycles. The highest BCUT2D eigenvalue weighted by molar-refractivity contribution is 5.31. The minimum absolute atomic E-state index is 0.0698. The Kier molecular flexibility index (Phi) is 12.1. The van der Waals surface area contributed by atoms with Gasteiger partial charge in [-0.15, -0.1) is 0 Å². The van der Waals surface area contributed by atoms with Crippen molar-refractivity contribution in [2.75, 3.05) is 19.8 Å². The first-order valence-corrected chi connectivity index (χ1v) is 12.6. The molecule has 0 aliphatic carbocycles. The van der Waals surface area contributed by atoms with Crippen LogP contribution < -0.4 is 15.2 Å². The maximum Gasteiger partial charge on any atom is 0.120 e. The number of hydrogen-bond acceptors (Lipinski definition) is 4. The van der Waals surface area contributed by atoms with E-state index in [4.69, 9.17) is 19.9 Å². The van der Waals surface area contributed by atoms with E-state index in [2.05, 4.69) is 36.4 Å². The molecule has 2 N–H and O–H groups in total. The fourth-order valence-electron chi connectivity index (χ4n) is 3.79. The van der Waals surface area contributed by atoms with Crippen molar-refractivity contribution in [3.05, 3.63) is 96.1 Å². The average molecular weight is 462 g/mol. The van der Waals surface area contributed by atoms with E-state index in [0.717, 1.165) is 44.0 Å². The summed E-state index contributed by atoms with van der Waals surface area (Å²) < 4.78 is 17.4. The van der Waals surface area contributed by atoms with Crippen LogP contribution in [0.25, 0.3) is 0 Å². The normalized spacial score (nSPS) is 11.8. The molecule has 0 radical (unpaired) electrons. The predicted molar refractivity (Wildman–Crippen MR) is 139 cm³/mol. The van der Waals surface area contributed by atoms with Crippen molar-refractivity contribution in [2.45, 2.75) is 57.6 Å². The number of nitrogens with two attached hydrogens (primary N) is 1. The Balaban J connectivity index is 1.12. The molecule has 0 bridgehead atoms. The van der Waals surface area contributed by atoms with Gasteiger partial charge in [-0.1, -0.05) is 86.3 Å². The molecule has 0 fully saturated rings. The maximum atomic E-state index is 6.16. The lowest BCUT2D eigenvalue weighted by Crippen LogP contribution is -2.28. The van der Waals surface area contributed by atoms with Crippen LogP contribution in [0, 0.1) is 0 Å². The average Bonchev–Trinajstić information content (AvgIpc) is 2.88. The van der Waals surface area contributed by atoms with E-state index in [-0.39, 0.29) is 6.04 Å². The van der Waals surface area contributed by atoms with E-state index in [1.807, 2.05) is 48.5 Å². The highest BCUT2D eigenvalue weighted by Gasteiger charge is 2.04. The Morgan fingerprint density at radius 1 is 0.559 bits per heavy atom. The van der Waals surface area contributed by atoms with Gasteiger partial charge in [0.2, 0.25) is 0 Å². The summed E-state index contributed by atoms with van der Waals surface area (Å²) in [5.41, 5.74) is 8.59. The van der Waals surface area contributed by atoms with Crippen molar-refractivity contribution in [1.82, 2.24) is 0 Å². The van der Waals surface area contributed by atoms with Crippen LogP contribution in [0.1, 0.15) is 49.7 Å². The highest BCUT2D eigenvalue weighted by Crippen LogP contribution is 2.19. The summed E-state index contributed by atoms with van der Waals surface area (Å²) in [5, 5.41) is 0. The lowest BCUT2D eigenvalue weighted by atomic mass is 10.1. The smallest absolute Gasteiger partial charge is 0.120 e. The molecule has 0 saturated carbocycles. The van der Waals surface area contributed by atoms with Crippen molar-refractivity contribution >= 4 is 0 Å². The van der Waals surface area contributed by atoms with E-state index >= 15 is 0 Å². The monoisotopic (exact) mass is 461 g/mol. The van der Waals surface area contributed by atoms with E-state index in [1.54, 1.807) is 0 Å². The second-order valence-electron chi connectivity index (χ2n) is 8.74. The van der Waals surface area contributed by atoms with Gasteiger partial charge in [-0.2, -0.15) is 0 Å². The van der Waals surface area contributed by atoms with Gasteiger partial charge in [0.25, 0.3) is 0 Å². The van der Waals surface area contributed by atoms with E-state index in [1.165, 1.54) is 36.8 Å². The summed E-state index contributed by atoms with van der Waals surface area (Å²) >= 11 is 0. The van der Waals surface area contributed by atoms with Gasteiger partial charge in [-0.3, -0.25) is 0 Å². The highest BCUT2D eigenvalue weighted by atomic mass is 16.5. The third kappa shape index (κ3) is 10.9. The summed E-state index contributed by atoms with van der Waals surface area (Å²) in [6.07, 6.45) is 7.94. The Labute approximate surface area is 205 Å². The van der Waals surface area contributed by atoms with Gasteiger partial charge in [0.15, 0.2) is 0 Å². The standard InChI is InChI=1S/C30H39NO3/c31-28(23-26-13-7-5-8-14-26)25-32-21-11-3-1-2-4-12-22-33-29-17-19-30(20-18-29)34-24-27-15-9-6-10-16-27/h5-10,13-20,28H,1-4,11-12,21-25,31H2/t28-/m0/s1. The zero-order valence-corrected chi connectivity index (χ0v) is 20.2. The van der Waals surface area contributed by atoms with Crippen LogP contribution in [-0.4, -0.2) is 25.9 Å². The minimum Gasteiger partial charge on any atom is -0.494 e. The van der Waals surface area contributed by atoms with Gasteiger partial charge in [-0.05, 0) is 54.7 Å². The number of ether oxygens (including phenoxy) is 3. The molecule has 3 rings (SSSR count). The van der Waals surface area contributed by atoms with Gasteiger partial charge < -0.3 is 19.9 Å². The molecule has 4 nitrogen and oxygen atoms in total. The lowest BCUT2D eigenvalue weighted by molar-refractivity contribution is 0.117. The summed E-state index contributed by atoms with van der Waals surface area (Å²) in [5.74, 6) is 1.76. The molecule has 182 valence electrons. The van der Waals surface area contributed by atoms with Crippen molar-refractivity contribution in [2.24, 2.45) is 5.73 Å². The zero-order chi connectivity index (χ0) is 23.7. The zero-order valence-electron chi connectivity index (χ0n) is 20.2. The summed E-state index contributed by atoms with van der Waals surface area (Å²) in [4.78, 5) is 0. The van der Waals surface area contributed by atoms with Crippen LogP contribution in [0.2, 0.25) is 0 Å². The van der Waals surface area contributed by atoms with Gasteiger partial charge in [0, 0.05) is 12.6 Å². The van der Waals surface area contributed by atoms with Crippen LogP contribution in [-0.2, 0) is 17.8 Å². The fourth-order valence-corrected chi connectivity index (χ4v) is 3.79. The third-order valence-electron chi connectivity index (χ3n) is 5.70. The van der Waals surface area contributed by atoms with Crippen molar-refractivity contribution in [3.8, 4) is 11.5 Å². The molecular formula is C30H39NO3. The van der Waals surface area contributed by atoms with E-state index in [0.29, 0.717) is 13.2 Å². The second-order valence-corrected chi connectivity index (χ2v) is 8.74. The van der Waals surface area contributed by atoms with Gasteiger partial charge >= 0.3 is 0 Å². The van der Waals surface area contributed by atoms with Crippen LogP contribution >= 0.6 is 0 Å². The maximum absolute atomic E-state index is 6.16. The van der Waals surface area contributed by atoms with Crippen LogP contribution in [0.4, 0.5) is 0 Å². The van der Waals surface area contributed by atoms with Crippen molar-refractivity contribution in [3.63, 3.8) is 0 Å². The molecule has 0 heterocycles. The molecule has 0 unspecified atom stereocenters. The molecule has 3 aromatic rings. The lowest BCUT2D eigenvalue weighted by Gasteiger charge is -2.12. The van der Waals surface area contributed by atoms with Gasteiger partial charge in [0.05, 0.1) is 13.2 Å². The summed E-state index contributed by atoms with van der Waals surface area (Å²) in [6.45, 7) is 2.77. The Hall–Kier alpha value is -2.82. The van der Waals surface area contributed by atoms with Crippen LogP contribution in [0.3, 0.4) is 0 Å². The molecule has 0 saturated heterocycles. The molecule has 1 atom stereocenters. The molecular weight excluding hydrogens is 422 g/mol. The summed E-state index contributed by atoms with van der Waals surface area (Å²) in [6, 6.07) is 28.5. The first-order valence-electron chi connectivity index (χ1n) is 12.6. The number of rotatable bonds is 17. The second kappa shape index (κ2) is 15.9. The largest absolute Gasteiger partial charge is 0.494 e. The molecule has 0 aliphatic rings. The molecule has 0 amide bonds. The molecule has 0 aromatic heterocycles. The van der Waals surface area contributed by atoms with Crippen LogP contribution in [0.5, 0.6) is 11.5 Å². The van der Waals surface area contributed by atoms with Crippen LogP contribution in [0.15, 0.2) is 84.9 Å². The number of benzene rings is 3. The molecule has 4 heteroatoms. The first-order chi connectivity index (χ1) is 16.8. The van der Waals surface area contributed by atoms with E-state index in [9.17, 15) is 0 Å². The quantitative estimate of drug-likeness (QED) is 0.231. The molecule has 3 aromatic carbocycles. The Bertz CT molecular complexity index is 884. The van der Waals surface area contributed by atoms with Crippen molar-refractivity contribution < 1.29 is 14.2 Å². The number of unbranched alkanes of at least 4 members (excludes halogenated alkanes) is 5. The minimum atomic E-state index is 0.0698. The van der Waals surface area contributed by atoms with E-state index < -0.39 is 0 Å². The fraction of sp³-hybridized carbons (Fsp3) is 0.400. The number of hydrogen-bond donors (Lipinski definition) is 1. The van der Waals surface area contributed by atoms with Gasteiger partial charge in [-0.25, -0.2) is 0 Å². The van der Waals surface area contributed by atoms with Gasteiger partial charge in [0.1, 0.15) is 18.1 Å². The van der Waals surface area contributed by atoms with Crippen molar-refractivity contribution in [1.29, 1.82) is 0 Å². The SMILES string of the molecule is N[C@H](COCCCCCCCCOc1ccc(OCc2ccccc2)cc1)Cc1ccccc1. The summed E-state index contributed by atoms with van der Waals surface area (Å²) in [7, 11) is 0. The molecule has 0 spiro atoms. The molecule has 34 heavy (non-hydrogen) atoms. The predicted octanol–water partition coefficient (Wildman–Crippen LogP) is 6.57. The first kappa shape index (κ1) is 25.8. The third-order valence-corrected chi connectivity index (χ3v) is 5.70. The Morgan fingerprint density at radius 2 is 1.09 bits per heavy atom.